The number of rotatable bonds is 8. The number of nitrogens with zero attached hydrogens (tertiary/aromatic N) is 3. The van der Waals surface area contributed by atoms with Crippen molar-refractivity contribution in [2.24, 2.45) is 0 Å². The molecule has 0 aliphatic rings. The van der Waals surface area contributed by atoms with E-state index < -0.39 is 23.7 Å². The zero-order chi connectivity index (χ0) is 25.5. The lowest BCUT2D eigenvalue weighted by atomic mass is 9.97. The number of amides is 2. The highest BCUT2D eigenvalue weighted by molar-refractivity contribution is 6.11. The van der Waals surface area contributed by atoms with Crippen LogP contribution in [0.15, 0.2) is 91.4 Å². The predicted octanol–water partition coefficient (Wildman–Crippen LogP) is 5.35. The Kier molecular flexibility index (Phi) is 7.65. The molecule has 7 nitrogen and oxygen atoms in total. The van der Waals surface area contributed by atoms with Gasteiger partial charge in [0.15, 0.2) is 0 Å². The number of aryl methyl sites for hydroxylation is 1. The van der Waals surface area contributed by atoms with Crippen molar-refractivity contribution in [2.75, 3.05) is 16.8 Å². The van der Waals surface area contributed by atoms with E-state index >= 15 is 0 Å². The van der Waals surface area contributed by atoms with Crippen LogP contribution in [0.3, 0.4) is 0 Å². The van der Waals surface area contributed by atoms with Gasteiger partial charge in [0.05, 0.1) is 12.8 Å². The minimum atomic E-state index is -1.07. The van der Waals surface area contributed by atoms with Gasteiger partial charge in [-0.1, -0.05) is 24.3 Å². The zero-order valence-electron chi connectivity index (χ0n) is 19.9. The van der Waals surface area contributed by atoms with Gasteiger partial charge >= 0.3 is 0 Å². The Hall–Kier alpha value is -4.59. The summed E-state index contributed by atoms with van der Waals surface area (Å²) in [6.45, 7) is 4.25. The first-order valence-corrected chi connectivity index (χ1v) is 11.4. The van der Waals surface area contributed by atoms with E-state index in [-0.39, 0.29) is 5.69 Å². The number of nitrogens with one attached hydrogen (secondary N) is 1. The molecule has 4 aromatic rings. The molecular formula is C28H25FN4O3. The van der Waals surface area contributed by atoms with Gasteiger partial charge in [-0.15, -0.1) is 0 Å². The summed E-state index contributed by atoms with van der Waals surface area (Å²) in [5, 5.41) is 2.82. The number of carbonyl (C=O) groups is 2. The molecule has 0 saturated carbocycles. The molecule has 2 amide bonds. The predicted molar refractivity (Wildman–Crippen MR) is 135 cm³/mol. The summed E-state index contributed by atoms with van der Waals surface area (Å²) >= 11 is 0. The van der Waals surface area contributed by atoms with Crippen LogP contribution in [-0.4, -0.2) is 28.4 Å². The fourth-order valence-electron chi connectivity index (χ4n) is 3.82. The molecule has 1 aromatic heterocycles. The Morgan fingerprint density at radius 3 is 2.36 bits per heavy atom. The van der Waals surface area contributed by atoms with E-state index in [2.05, 4.69) is 15.3 Å². The van der Waals surface area contributed by atoms with Gasteiger partial charge in [-0.05, 0) is 73.5 Å². The molecule has 0 bridgehead atoms. The summed E-state index contributed by atoms with van der Waals surface area (Å²) in [5.74, 6) is -0.759. The quantitative estimate of drug-likeness (QED) is 0.365. The second-order valence-electron chi connectivity index (χ2n) is 7.95. The Morgan fingerprint density at radius 1 is 1.00 bits per heavy atom. The van der Waals surface area contributed by atoms with Gasteiger partial charge in [0.1, 0.15) is 23.3 Å². The number of anilines is 2. The van der Waals surface area contributed by atoms with E-state index in [1.54, 1.807) is 30.3 Å². The number of halogens is 1. The lowest BCUT2D eigenvalue weighted by Crippen LogP contribution is -2.42. The molecule has 0 spiro atoms. The van der Waals surface area contributed by atoms with Crippen molar-refractivity contribution >= 4 is 23.2 Å². The zero-order valence-corrected chi connectivity index (χ0v) is 19.9. The van der Waals surface area contributed by atoms with Crippen LogP contribution in [0.1, 0.15) is 34.6 Å². The van der Waals surface area contributed by atoms with E-state index in [9.17, 15) is 14.0 Å². The third-order valence-electron chi connectivity index (χ3n) is 5.53. The SMILES string of the molecule is CCOc1ccc(N(C(=O)c2cnccn2)[C@H](C(=O)Nc2ccc(F)cc2)c2ccccc2C)cc1. The highest BCUT2D eigenvalue weighted by Gasteiger charge is 2.35. The molecule has 8 heteroatoms. The van der Waals surface area contributed by atoms with Crippen LogP contribution < -0.4 is 15.0 Å². The van der Waals surface area contributed by atoms with Crippen LogP contribution in [0.2, 0.25) is 0 Å². The molecule has 1 atom stereocenters. The molecule has 0 aliphatic heterocycles. The number of aromatic nitrogens is 2. The first kappa shape index (κ1) is 24.5. The fraction of sp³-hybridized carbons (Fsp3) is 0.143. The van der Waals surface area contributed by atoms with Crippen molar-refractivity contribution in [1.29, 1.82) is 0 Å². The maximum Gasteiger partial charge on any atom is 0.279 e. The van der Waals surface area contributed by atoms with Crippen molar-refractivity contribution in [2.45, 2.75) is 19.9 Å². The second kappa shape index (κ2) is 11.2. The minimum Gasteiger partial charge on any atom is -0.494 e. The maximum atomic E-state index is 13.8. The summed E-state index contributed by atoms with van der Waals surface area (Å²) < 4.78 is 19.0. The lowest BCUT2D eigenvalue weighted by Gasteiger charge is -2.32. The molecule has 4 rings (SSSR count). The number of benzene rings is 3. The summed E-state index contributed by atoms with van der Waals surface area (Å²) in [7, 11) is 0. The summed E-state index contributed by atoms with van der Waals surface area (Å²) in [4.78, 5) is 37.2. The van der Waals surface area contributed by atoms with Crippen LogP contribution in [-0.2, 0) is 4.79 Å². The van der Waals surface area contributed by atoms with Crippen LogP contribution >= 0.6 is 0 Å². The standard InChI is InChI=1S/C28H25FN4O3/c1-3-36-23-14-12-22(13-15-23)33(28(35)25-18-30-16-17-31-25)26(24-7-5-4-6-19(24)2)27(34)32-21-10-8-20(29)9-11-21/h4-18,26H,3H2,1-2H3,(H,32,34)/t26-/m0/s1. The molecule has 0 saturated heterocycles. The summed E-state index contributed by atoms with van der Waals surface area (Å²) in [6.07, 6.45) is 4.25. The van der Waals surface area contributed by atoms with Crippen LogP contribution in [0.5, 0.6) is 5.75 Å². The largest absolute Gasteiger partial charge is 0.494 e. The molecule has 0 unspecified atom stereocenters. The van der Waals surface area contributed by atoms with Crippen molar-refractivity contribution in [1.82, 2.24) is 9.97 Å². The number of ether oxygens (including phenoxy) is 1. The van der Waals surface area contributed by atoms with Crippen LogP contribution in [0.4, 0.5) is 15.8 Å². The number of hydrogen-bond acceptors (Lipinski definition) is 5. The molecule has 182 valence electrons. The van der Waals surface area contributed by atoms with Gasteiger partial charge in [0.25, 0.3) is 11.8 Å². The Balaban J connectivity index is 1.84. The highest BCUT2D eigenvalue weighted by atomic mass is 19.1. The fourth-order valence-corrected chi connectivity index (χ4v) is 3.82. The Bertz CT molecular complexity index is 1330. The maximum absolute atomic E-state index is 13.8. The molecule has 0 fully saturated rings. The van der Waals surface area contributed by atoms with E-state index in [1.165, 1.54) is 47.8 Å². The second-order valence-corrected chi connectivity index (χ2v) is 7.95. The van der Waals surface area contributed by atoms with Gasteiger partial charge in [-0.3, -0.25) is 19.5 Å². The molecule has 36 heavy (non-hydrogen) atoms. The van der Waals surface area contributed by atoms with Crippen molar-refractivity contribution < 1.29 is 18.7 Å². The average molecular weight is 485 g/mol. The van der Waals surface area contributed by atoms with Gasteiger partial charge in [-0.2, -0.15) is 0 Å². The summed E-state index contributed by atoms with van der Waals surface area (Å²) in [5.41, 5.74) is 2.40. The minimum absolute atomic E-state index is 0.0829. The van der Waals surface area contributed by atoms with Crippen LogP contribution in [0, 0.1) is 12.7 Å². The Morgan fingerprint density at radius 2 is 1.72 bits per heavy atom. The monoisotopic (exact) mass is 484 g/mol. The van der Waals surface area contributed by atoms with Crippen molar-refractivity contribution in [3.63, 3.8) is 0 Å². The van der Waals surface area contributed by atoms with Gasteiger partial charge in [0.2, 0.25) is 0 Å². The molecule has 1 heterocycles. The highest BCUT2D eigenvalue weighted by Crippen LogP contribution is 2.33. The molecule has 3 aromatic carbocycles. The van der Waals surface area contributed by atoms with Gasteiger partial charge < -0.3 is 10.1 Å². The number of carbonyl (C=O) groups excluding carboxylic acids is 2. The average Bonchev–Trinajstić information content (AvgIpc) is 2.90. The van der Waals surface area contributed by atoms with E-state index in [1.807, 2.05) is 32.0 Å². The van der Waals surface area contributed by atoms with E-state index in [4.69, 9.17) is 4.74 Å². The molecule has 0 aliphatic carbocycles. The first-order valence-electron chi connectivity index (χ1n) is 11.4. The molecule has 0 radical (unpaired) electrons. The van der Waals surface area contributed by atoms with E-state index in [0.717, 1.165) is 5.56 Å². The topological polar surface area (TPSA) is 84.4 Å². The Labute approximate surface area is 208 Å². The van der Waals surface area contributed by atoms with E-state index in [0.29, 0.717) is 29.3 Å². The molecular weight excluding hydrogens is 459 g/mol. The first-order chi connectivity index (χ1) is 17.5. The van der Waals surface area contributed by atoms with Crippen molar-refractivity contribution in [3.05, 3.63) is 114 Å². The van der Waals surface area contributed by atoms with Gasteiger partial charge in [0, 0.05) is 23.8 Å². The molecule has 1 N–H and O–H groups in total. The number of hydrogen-bond donors (Lipinski definition) is 1. The normalized spacial score (nSPS) is 11.4. The van der Waals surface area contributed by atoms with Crippen LogP contribution in [0.25, 0.3) is 0 Å². The lowest BCUT2D eigenvalue weighted by molar-refractivity contribution is -0.117. The third kappa shape index (κ3) is 5.55. The van der Waals surface area contributed by atoms with Gasteiger partial charge in [-0.25, -0.2) is 9.37 Å². The summed E-state index contributed by atoms with van der Waals surface area (Å²) in [6, 6.07) is 18.6. The smallest absolute Gasteiger partial charge is 0.279 e. The third-order valence-corrected chi connectivity index (χ3v) is 5.53. The van der Waals surface area contributed by atoms with Crippen molar-refractivity contribution in [3.8, 4) is 5.75 Å².